The van der Waals surface area contributed by atoms with Crippen LogP contribution in [0, 0.1) is 11.7 Å². The number of aliphatic imine (C=N–C) groups is 1. The molecular formula is C19H33FIN3O2. The lowest BCUT2D eigenvalue weighted by Crippen LogP contribution is -2.40. The summed E-state index contributed by atoms with van der Waals surface area (Å²) in [5, 5.41) is 15.7. The van der Waals surface area contributed by atoms with Crippen molar-refractivity contribution in [1.29, 1.82) is 0 Å². The van der Waals surface area contributed by atoms with Crippen molar-refractivity contribution in [2.45, 2.75) is 39.2 Å². The molecule has 0 radical (unpaired) electrons. The van der Waals surface area contributed by atoms with Crippen molar-refractivity contribution >= 4 is 29.9 Å². The first-order valence-electron chi connectivity index (χ1n) is 9.05. The third-order valence-corrected chi connectivity index (χ3v) is 4.07. The van der Waals surface area contributed by atoms with E-state index in [1.165, 1.54) is 12.1 Å². The van der Waals surface area contributed by atoms with Gasteiger partial charge in [-0.05, 0) is 43.4 Å². The fraction of sp³-hybridized carbons (Fsp3) is 0.632. The van der Waals surface area contributed by atoms with E-state index in [9.17, 15) is 4.39 Å². The van der Waals surface area contributed by atoms with Gasteiger partial charge in [-0.1, -0.05) is 25.5 Å². The van der Waals surface area contributed by atoms with Gasteiger partial charge in [0.25, 0.3) is 0 Å². The molecule has 0 bridgehead atoms. The first-order valence-corrected chi connectivity index (χ1v) is 9.05. The summed E-state index contributed by atoms with van der Waals surface area (Å²) >= 11 is 0. The molecule has 0 saturated carbocycles. The Morgan fingerprint density at radius 3 is 2.42 bits per heavy atom. The van der Waals surface area contributed by atoms with Crippen molar-refractivity contribution in [3.63, 3.8) is 0 Å². The van der Waals surface area contributed by atoms with Gasteiger partial charge in [0.1, 0.15) is 5.82 Å². The molecule has 3 N–H and O–H groups in total. The molecule has 0 aliphatic carbocycles. The second kappa shape index (κ2) is 15.2. The van der Waals surface area contributed by atoms with E-state index < -0.39 is 0 Å². The van der Waals surface area contributed by atoms with Crippen LogP contribution in [0.25, 0.3) is 0 Å². The fourth-order valence-corrected chi connectivity index (χ4v) is 2.68. The minimum atomic E-state index is -0.257. The highest BCUT2D eigenvalue weighted by Gasteiger charge is 2.12. The molecule has 7 heteroatoms. The smallest absolute Gasteiger partial charge is 0.191 e. The van der Waals surface area contributed by atoms with Gasteiger partial charge in [-0.3, -0.25) is 4.99 Å². The number of methoxy groups -OCH3 is 1. The van der Waals surface area contributed by atoms with Gasteiger partial charge in [0.15, 0.2) is 5.96 Å². The zero-order valence-corrected chi connectivity index (χ0v) is 18.3. The zero-order chi connectivity index (χ0) is 18.5. The summed E-state index contributed by atoms with van der Waals surface area (Å²) < 4.78 is 18.6. The monoisotopic (exact) mass is 481 g/mol. The summed E-state index contributed by atoms with van der Waals surface area (Å²) in [4.78, 5) is 4.63. The Morgan fingerprint density at radius 2 is 1.88 bits per heavy atom. The van der Waals surface area contributed by atoms with Crippen molar-refractivity contribution in [2.75, 3.05) is 33.4 Å². The third kappa shape index (κ3) is 9.68. The lowest BCUT2D eigenvalue weighted by atomic mass is 10.0. The highest BCUT2D eigenvalue weighted by molar-refractivity contribution is 14.0. The molecule has 2 atom stereocenters. The molecule has 0 aromatic heterocycles. The quantitative estimate of drug-likeness (QED) is 0.257. The van der Waals surface area contributed by atoms with Gasteiger partial charge in [-0.25, -0.2) is 4.39 Å². The van der Waals surface area contributed by atoms with E-state index >= 15 is 0 Å². The third-order valence-electron chi connectivity index (χ3n) is 4.07. The first kappa shape index (κ1) is 25.1. The Morgan fingerprint density at radius 1 is 1.19 bits per heavy atom. The molecule has 1 aromatic rings. The van der Waals surface area contributed by atoms with E-state index in [0.717, 1.165) is 37.3 Å². The number of nitrogens with one attached hydrogen (secondary N) is 2. The average Bonchev–Trinajstić information content (AvgIpc) is 2.61. The number of halogens is 2. The van der Waals surface area contributed by atoms with E-state index in [4.69, 9.17) is 9.84 Å². The van der Waals surface area contributed by atoms with Gasteiger partial charge < -0.3 is 20.5 Å². The minimum Gasteiger partial charge on any atom is -0.396 e. The Balaban J connectivity index is 0.00000625. The molecule has 0 heterocycles. The standard InChI is InChI=1S/C19H32FN3O2.HI/c1-4-6-15(11-12-24)13-22-19(21-5-2)23-14-18(25-3)16-7-9-17(20)10-8-16;/h7-10,15,18,24H,4-6,11-14H2,1-3H3,(H2,21,22,23);1H. The molecule has 0 fully saturated rings. The van der Waals surface area contributed by atoms with E-state index in [1.807, 2.05) is 6.92 Å². The van der Waals surface area contributed by atoms with Crippen LogP contribution in [-0.4, -0.2) is 44.4 Å². The molecule has 0 aliphatic rings. The molecule has 0 saturated heterocycles. The van der Waals surface area contributed by atoms with Crippen LogP contribution in [0.4, 0.5) is 4.39 Å². The second-order valence-corrected chi connectivity index (χ2v) is 6.04. The van der Waals surface area contributed by atoms with Gasteiger partial charge in [-0.2, -0.15) is 0 Å². The number of rotatable bonds is 11. The number of aliphatic hydroxyl groups is 1. The average molecular weight is 481 g/mol. The zero-order valence-electron chi connectivity index (χ0n) is 16.0. The van der Waals surface area contributed by atoms with Crippen LogP contribution in [0.3, 0.4) is 0 Å². The van der Waals surface area contributed by atoms with Gasteiger partial charge in [0.05, 0.1) is 6.10 Å². The number of guanidine groups is 1. The number of ether oxygens (including phenoxy) is 1. The van der Waals surface area contributed by atoms with E-state index in [0.29, 0.717) is 19.0 Å². The van der Waals surface area contributed by atoms with E-state index in [1.54, 1.807) is 19.2 Å². The molecule has 5 nitrogen and oxygen atoms in total. The molecule has 0 aliphatic heterocycles. The summed E-state index contributed by atoms with van der Waals surface area (Å²) in [5.41, 5.74) is 0.913. The highest BCUT2D eigenvalue weighted by Crippen LogP contribution is 2.16. The summed E-state index contributed by atoms with van der Waals surface area (Å²) in [7, 11) is 1.64. The van der Waals surface area contributed by atoms with Crippen molar-refractivity contribution in [2.24, 2.45) is 10.9 Å². The Kier molecular flexibility index (Phi) is 14.6. The second-order valence-electron chi connectivity index (χ2n) is 6.04. The first-order chi connectivity index (χ1) is 12.1. The maximum atomic E-state index is 13.1. The van der Waals surface area contributed by atoms with Gasteiger partial charge >= 0.3 is 0 Å². The molecule has 2 unspecified atom stereocenters. The molecule has 0 amide bonds. The van der Waals surface area contributed by atoms with Crippen LogP contribution in [-0.2, 0) is 4.74 Å². The van der Waals surface area contributed by atoms with Crippen molar-refractivity contribution in [1.82, 2.24) is 10.6 Å². The van der Waals surface area contributed by atoms with E-state index in [2.05, 4.69) is 22.5 Å². The number of hydrogen-bond acceptors (Lipinski definition) is 3. The Labute approximate surface area is 173 Å². The summed E-state index contributed by atoms with van der Waals surface area (Å²) in [6, 6.07) is 6.33. The van der Waals surface area contributed by atoms with Crippen LogP contribution < -0.4 is 10.6 Å². The van der Waals surface area contributed by atoms with Gasteiger partial charge in [0.2, 0.25) is 0 Å². The van der Waals surface area contributed by atoms with Crippen molar-refractivity contribution < 1.29 is 14.2 Å². The lowest BCUT2D eigenvalue weighted by molar-refractivity contribution is 0.106. The molecule has 26 heavy (non-hydrogen) atoms. The molecule has 1 aromatic carbocycles. The predicted octanol–water partition coefficient (Wildman–Crippen LogP) is 3.49. The fourth-order valence-electron chi connectivity index (χ4n) is 2.68. The number of hydrogen-bond donors (Lipinski definition) is 3. The van der Waals surface area contributed by atoms with E-state index in [-0.39, 0.29) is 42.5 Å². The molecular weight excluding hydrogens is 448 g/mol. The maximum absolute atomic E-state index is 13.1. The van der Waals surface area contributed by atoms with Crippen molar-refractivity contribution in [3.05, 3.63) is 35.6 Å². The predicted molar refractivity (Wildman–Crippen MR) is 116 cm³/mol. The summed E-state index contributed by atoms with van der Waals surface area (Å²) in [5.74, 6) is 0.860. The SMILES string of the molecule is CCCC(CCO)CN=C(NCC)NCC(OC)c1ccc(F)cc1.I. The highest BCUT2D eigenvalue weighted by atomic mass is 127. The largest absolute Gasteiger partial charge is 0.396 e. The van der Waals surface area contributed by atoms with Gasteiger partial charge in [-0.15, -0.1) is 24.0 Å². The minimum absolute atomic E-state index is 0. The van der Waals surface area contributed by atoms with Crippen LogP contribution in [0.2, 0.25) is 0 Å². The van der Waals surface area contributed by atoms with Gasteiger partial charge in [0, 0.05) is 33.4 Å². The molecule has 1 rings (SSSR count). The Hall–Kier alpha value is -0.930. The molecule has 0 spiro atoms. The number of benzene rings is 1. The van der Waals surface area contributed by atoms with Crippen molar-refractivity contribution in [3.8, 4) is 0 Å². The summed E-state index contributed by atoms with van der Waals surface area (Å²) in [6.07, 6.45) is 2.72. The molecule has 150 valence electrons. The normalized spacial score (nSPS) is 13.7. The number of aliphatic hydroxyl groups excluding tert-OH is 1. The van der Waals surface area contributed by atoms with Crippen LogP contribution >= 0.6 is 24.0 Å². The maximum Gasteiger partial charge on any atom is 0.191 e. The Bertz CT molecular complexity index is 494. The number of nitrogens with zero attached hydrogens (tertiary/aromatic N) is 1. The van der Waals surface area contributed by atoms with Crippen LogP contribution in [0.1, 0.15) is 44.8 Å². The lowest BCUT2D eigenvalue weighted by Gasteiger charge is -2.19. The topological polar surface area (TPSA) is 65.9 Å². The van der Waals surface area contributed by atoms with Crippen LogP contribution in [0.15, 0.2) is 29.3 Å². The van der Waals surface area contributed by atoms with Crippen LogP contribution in [0.5, 0.6) is 0 Å². The summed E-state index contributed by atoms with van der Waals surface area (Å²) in [6.45, 7) is 6.33.